The predicted octanol–water partition coefficient (Wildman–Crippen LogP) is 2.94. The Morgan fingerprint density at radius 3 is 2.56 bits per heavy atom. The summed E-state index contributed by atoms with van der Waals surface area (Å²) in [7, 11) is 0. The minimum Gasteiger partial charge on any atom is -0.299 e. The SMILES string of the molecule is CC12CCC3(c4ccccc4)C(C1)C3C2=O. The lowest BCUT2D eigenvalue weighted by Crippen LogP contribution is -2.38. The minimum absolute atomic E-state index is 0.0475. The second-order valence-electron chi connectivity index (χ2n) is 6.12. The van der Waals surface area contributed by atoms with Crippen LogP contribution in [0.3, 0.4) is 0 Å². The van der Waals surface area contributed by atoms with Crippen LogP contribution in [0.25, 0.3) is 0 Å². The number of Topliss-reactive ketones (excluding diaryl/α,β-unsaturated/α-hetero) is 1. The molecule has 16 heavy (non-hydrogen) atoms. The highest BCUT2D eigenvalue weighted by molar-refractivity contribution is 5.96. The number of rotatable bonds is 1. The molecule has 1 aromatic rings. The number of benzene rings is 1. The molecule has 82 valence electrons. The Labute approximate surface area is 95.9 Å². The number of hydrogen-bond acceptors (Lipinski definition) is 1. The van der Waals surface area contributed by atoms with Crippen LogP contribution in [0.1, 0.15) is 31.7 Å². The van der Waals surface area contributed by atoms with Crippen LogP contribution in [0.4, 0.5) is 0 Å². The molecular formula is C15H16O. The van der Waals surface area contributed by atoms with Crippen molar-refractivity contribution in [3.05, 3.63) is 35.9 Å². The lowest BCUT2D eigenvalue weighted by Gasteiger charge is -2.38. The second-order valence-corrected chi connectivity index (χ2v) is 6.12. The molecular weight excluding hydrogens is 196 g/mol. The van der Waals surface area contributed by atoms with Gasteiger partial charge in [-0.05, 0) is 30.7 Å². The van der Waals surface area contributed by atoms with E-state index in [-0.39, 0.29) is 10.8 Å². The van der Waals surface area contributed by atoms with Crippen molar-refractivity contribution in [3.63, 3.8) is 0 Å². The first kappa shape index (κ1) is 8.98. The van der Waals surface area contributed by atoms with Crippen molar-refractivity contribution >= 4 is 5.78 Å². The highest BCUT2D eigenvalue weighted by Gasteiger charge is 2.78. The number of carbonyl (C=O) groups excluding carboxylic acids is 1. The van der Waals surface area contributed by atoms with Crippen LogP contribution < -0.4 is 0 Å². The van der Waals surface area contributed by atoms with Crippen molar-refractivity contribution in [2.75, 3.05) is 0 Å². The lowest BCUT2D eigenvalue weighted by atomic mass is 9.65. The van der Waals surface area contributed by atoms with Crippen molar-refractivity contribution in [2.24, 2.45) is 17.3 Å². The third-order valence-electron chi connectivity index (χ3n) is 5.46. The van der Waals surface area contributed by atoms with Gasteiger partial charge in [-0.25, -0.2) is 0 Å². The van der Waals surface area contributed by atoms with Gasteiger partial charge in [-0.2, -0.15) is 0 Å². The molecule has 5 rings (SSSR count). The van der Waals surface area contributed by atoms with Gasteiger partial charge >= 0.3 is 0 Å². The van der Waals surface area contributed by atoms with E-state index in [0.29, 0.717) is 17.6 Å². The maximum absolute atomic E-state index is 12.3. The summed E-state index contributed by atoms with van der Waals surface area (Å²) in [5.74, 6) is 1.60. The van der Waals surface area contributed by atoms with Gasteiger partial charge in [-0.15, -0.1) is 0 Å². The fraction of sp³-hybridized carbons (Fsp3) is 0.533. The first-order valence-corrected chi connectivity index (χ1v) is 6.28. The van der Waals surface area contributed by atoms with E-state index in [4.69, 9.17) is 0 Å². The Bertz CT molecular complexity index is 477. The average Bonchev–Trinajstić information content (AvgIpc) is 2.91. The van der Waals surface area contributed by atoms with Crippen molar-refractivity contribution in [1.29, 1.82) is 0 Å². The quantitative estimate of drug-likeness (QED) is 0.699. The van der Waals surface area contributed by atoms with E-state index < -0.39 is 0 Å². The Kier molecular flexibility index (Phi) is 1.36. The largest absolute Gasteiger partial charge is 0.299 e. The number of fused-ring (bicyclic) bond motifs is 1. The van der Waals surface area contributed by atoms with E-state index in [1.165, 1.54) is 12.0 Å². The van der Waals surface area contributed by atoms with Crippen LogP contribution in [0, 0.1) is 17.3 Å². The van der Waals surface area contributed by atoms with Crippen LogP contribution >= 0.6 is 0 Å². The van der Waals surface area contributed by atoms with Gasteiger partial charge in [0, 0.05) is 16.7 Å². The van der Waals surface area contributed by atoms with E-state index in [1.54, 1.807) is 0 Å². The van der Waals surface area contributed by atoms with Gasteiger partial charge in [0.05, 0.1) is 0 Å². The molecule has 0 saturated heterocycles. The second kappa shape index (κ2) is 2.42. The van der Waals surface area contributed by atoms with E-state index >= 15 is 0 Å². The van der Waals surface area contributed by atoms with Gasteiger partial charge in [0.1, 0.15) is 5.78 Å². The van der Waals surface area contributed by atoms with Crippen molar-refractivity contribution < 1.29 is 4.79 Å². The molecule has 1 aromatic carbocycles. The number of ketones is 1. The highest BCUT2D eigenvalue weighted by Crippen LogP contribution is 2.77. The van der Waals surface area contributed by atoms with Gasteiger partial charge in [0.2, 0.25) is 0 Å². The van der Waals surface area contributed by atoms with Gasteiger partial charge in [-0.1, -0.05) is 37.3 Å². The molecule has 4 aliphatic rings. The third-order valence-corrected chi connectivity index (χ3v) is 5.46. The normalized spacial score (nSPS) is 48.2. The Morgan fingerprint density at radius 1 is 1.19 bits per heavy atom. The monoisotopic (exact) mass is 212 g/mol. The molecule has 4 bridgehead atoms. The first-order chi connectivity index (χ1) is 7.68. The van der Waals surface area contributed by atoms with Crippen LogP contribution in [0.15, 0.2) is 30.3 Å². The fourth-order valence-electron chi connectivity index (χ4n) is 4.53. The predicted molar refractivity (Wildman–Crippen MR) is 62.1 cm³/mol. The van der Waals surface area contributed by atoms with E-state index in [2.05, 4.69) is 37.3 Å². The first-order valence-electron chi connectivity index (χ1n) is 6.28. The van der Waals surface area contributed by atoms with Gasteiger partial charge in [0.25, 0.3) is 0 Å². The summed E-state index contributed by atoms with van der Waals surface area (Å²) in [6.07, 6.45) is 3.48. The number of carbonyl (C=O) groups is 1. The molecule has 0 spiro atoms. The lowest BCUT2D eigenvalue weighted by molar-refractivity contribution is -0.130. The maximum Gasteiger partial charge on any atom is 0.143 e. The summed E-state index contributed by atoms with van der Waals surface area (Å²) in [5.41, 5.74) is 1.72. The third kappa shape index (κ3) is 0.762. The Morgan fingerprint density at radius 2 is 1.94 bits per heavy atom. The summed E-state index contributed by atoms with van der Waals surface area (Å²) in [6.45, 7) is 2.18. The zero-order valence-corrected chi connectivity index (χ0v) is 9.57. The molecule has 4 saturated carbocycles. The van der Waals surface area contributed by atoms with Crippen molar-refractivity contribution in [1.82, 2.24) is 0 Å². The summed E-state index contributed by atoms with van der Waals surface area (Å²) in [4.78, 5) is 12.3. The molecule has 0 amide bonds. The van der Waals surface area contributed by atoms with Crippen molar-refractivity contribution in [2.45, 2.75) is 31.6 Å². The van der Waals surface area contributed by atoms with E-state index in [1.807, 2.05) is 0 Å². The average molecular weight is 212 g/mol. The van der Waals surface area contributed by atoms with Crippen LogP contribution in [0.2, 0.25) is 0 Å². The maximum atomic E-state index is 12.3. The molecule has 4 atom stereocenters. The smallest absolute Gasteiger partial charge is 0.143 e. The van der Waals surface area contributed by atoms with E-state index in [0.717, 1.165) is 12.8 Å². The zero-order valence-electron chi connectivity index (χ0n) is 9.57. The number of hydrogen-bond donors (Lipinski definition) is 0. The van der Waals surface area contributed by atoms with Crippen molar-refractivity contribution in [3.8, 4) is 0 Å². The van der Waals surface area contributed by atoms with Gasteiger partial charge < -0.3 is 0 Å². The zero-order chi connectivity index (χ0) is 11.0. The molecule has 0 aromatic heterocycles. The molecule has 1 nitrogen and oxygen atoms in total. The summed E-state index contributed by atoms with van der Waals surface area (Å²) in [5, 5.41) is 0. The molecule has 0 aliphatic heterocycles. The Balaban J connectivity index is 1.82. The van der Waals surface area contributed by atoms with E-state index in [9.17, 15) is 4.79 Å². The summed E-state index contributed by atoms with van der Waals surface area (Å²) in [6, 6.07) is 10.7. The standard InChI is InChI=1S/C15H16O/c1-14-7-8-15(10-5-3-2-4-6-10)11(9-14)12(15)13(14)16/h2-6,11-12H,7-9H2,1H3. The molecule has 4 fully saturated rings. The summed E-state index contributed by atoms with van der Waals surface area (Å²) >= 11 is 0. The van der Waals surface area contributed by atoms with Crippen LogP contribution in [0.5, 0.6) is 0 Å². The van der Waals surface area contributed by atoms with Gasteiger partial charge in [-0.3, -0.25) is 4.79 Å². The molecule has 0 N–H and O–H groups in total. The molecule has 0 radical (unpaired) electrons. The molecule has 4 aliphatic carbocycles. The Hall–Kier alpha value is -1.11. The van der Waals surface area contributed by atoms with Crippen LogP contribution in [-0.4, -0.2) is 5.78 Å². The molecule has 0 heterocycles. The minimum atomic E-state index is 0.0475. The topological polar surface area (TPSA) is 17.1 Å². The summed E-state index contributed by atoms with van der Waals surface area (Å²) < 4.78 is 0. The van der Waals surface area contributed by atoms with Gasteiger partial charge in [0.15, 0.2) is 0 Å². The van der Waals surface area contributed by atoms with Crippen LogP contribution in [-0.2, 0) is 10.2 Å². The molecule has 1 heteroatoms. The molecule has 4 unspecified atom stereocenters. The highest BCUT2D eigenvalue weighted by atomic mass is 16.1. The fourth-order valence-corrected chi connectivity index (χ4v) is 4.53.